The van der Waals surface area contributed by atoms with Gasteiger partial charge in [-0.3, -0.25) is 0 Å². The molecule has 2 rings (SSSR count). The lowest BCUT2D eigenvalue weighted by atomic mass is 10.1. The molecule has 2 aromatic rings. The van der Waals surface area contributed by atoms with E-state index < -0.39 is 0 Å². The van der Waals surface area contributed by atoms with Crippen LogP contribution in [0.4, 0.5) is 0 Å². The normalized spacial score (nSPS) is 11.2. The second kappa shape index (κ2) is 2.51. The fraction of sp³-hybridized carbons (Fsp3) is 0.429. The van der Waals surface area contributed by atoms with E-state index in [1.165, 1.54) is 6.33 Å². The summed E-state index contributed by atoms with van der Waals surface area (Å²) in [4.78, 5) is 7.92. The van der Waals surface area contributed by atoms with Crippen molar-refractivity contribution < 1.29 is 0 Å². The van der Waals surface area contributed by atoms with Crippen LogP contribution in [0.3, 0.4) is 0 Å². The SMILES string of the molecule is CC(C)c1nnn2cncnc12. The van der Waals surface area contributed by atoms with Gasteiger partial charge < -0.3 is 0 Å². The number of hydrogen-bond donors (Lipinski definition) is 0. The molecule has 0 bridgehead atoms. The van der Waals surface area contributed by atoms with Gasteiger partial charge in [0.25, 0.3) is 0 Å². The molecule has 5 nitrogen and oxygen atoms in total. The van der Waals surface area contributed by atoms with Crippen LogP contribution in [0.15, 0.2) is 12.7 Å². The predicted octanol–water partition coefficient (Wildman–Crippen LogP) is 0.643. The van der Waals surface area contributed by atoms with Crippen molar-refractivity contribution in [2.75, 3.05) is 0 Å². The molecule has 0 aliphatic rings. The van der Waals surface area contributed by atoms with E-state index in [0.29, 0.717) is 5.92 Å². The van der Waals surface area contributed by atoms with Crippen molar-refractivity contribution in [1.82, 2.24) is 24.8 Å². The van der Waals surface area contributed by atoms with Gasteiger partial charge in [0.15, 0.2) is 5.65 Å². The topological polar surface area (TPSA) is 56.0 Å². The summed E-state index contributed by atoms with van der Waals surface area (Å²) in [5, 5.41) is 7.89. The highest BCUT2D eigenvalue weighted by molar-refractivity contribution is 5.42. The first-order chi connectivity index (χ1) is 5.79. The number of aromatic nitrogens is 5. The second-order valence-corrected chi connectivity index (χ2v) is 2.91. The number of hydrogen-bond acceptors (Lipinski definition) is 4. The molecule has 0 unspecified atom stereocenters. The van der Waals surface area contributed by atoms with Gasteiger partial charge in [0, 0.05) is 5.92 Å². The molecule has 0 saturated carbocycles. The lowest BCUT2D eigenvalue weighted by Gasteiger charge is -1.96. The Kier molecular flexibility index (Phi) is 1.49. The van der Waals surface area contributed by atoms with E-state index in [2.05, 4.69) is 34.1 Å². The van der Waals surface area contributed by atoms with Crippen molar-refractivity contribution in [2.24, 2.45) is 0 Å². The molecule has 0 saturated heterocycles. The lowest BCUT2D eigenvalue weighted by Crippen LogP contribution is -1.93. The number of fused-ring (bicyclic) bond motifs is 1. The summed E-state index contributed by atoms with van der Waals surface area (Å²) in [6.45, 7) is 4.12. The summed E-state index contributed by atoms with van der Waals surface area (Å²) in [6, 6.07) is 0. The Bertz CT molecular complexity index is 391. The van der Waals surface area contributed by atoms with Crippen LogP contribution in [0.5, 0.6) is 0 Å². The Balaban J connectivity index is 2.70. The summed E-state index contributed by atoms with van der Waals surface area (Å²) in [5.74, 6) is 0.345. The zero-order valence-corrected chi connectivity index (χ0v) is 6.97. The molecule has 0 aliphatic heterocycles. The highest BCUT2D eigenvalue weighted by Crippen LogP contribution is 2.13. The van der Waals surface area contributed by atoms with Crippen LogP contribution in [0.1, 0.15) is 25.5 Å². The zero-order valence-electron chi connectivity index (χ0n) is 6.97. The molecule has 0 spiro atoms. The monoisotopic (exact) mass is 163 g/mol. The van der Waals surface area contributed by atoms with E-state index in [4.69, 9.17) is 0 Å². The molecule has 2 aromatic heterocycles. The molecule has 0 amide bonds. The third kappa shape index (κ3) is 0.939. The second-order valence-electron chi connectivity index (χ2n) is 2.91. The molecular formula is C7H9N5. The van der Waals surface area contributed by atoms with Crippen molar-refractivity contribution in [3.63, 3.8) is 0 Å². The Morgan fingerprint density at radius 1 is 1.42 bits per heavy atom. The molecule has 2 heterocycles. The summed E-state index contributed by atoms with van der Waals surface area (Å²) in [6.07, 6.45) is 3.10. The third-order valence-electron chi connectivity index (χ3n) is 1.66. The Hall–Kier alpha value is -1.52. The van der Waals surface area contributed by atoms with E-state index in [1.807, 2.05) is 0 Å². The minimum absolute atomic E-state index is 0.345. The third-order valence-corrected chi connectivity index (χ3v) is 1.66. The van der Waals surface area contributed by atoms with Crippen LogP contribution in [0, 0.1) is 0 Å². The molecule has 0 N–H and O–H groups in total. The summed E-state index contributed by atoms with van der Waals surface area (Å²) >= 11 is 0. The highest BCUT2D eigenvalue weighted by atomic mass is 15.4. The van der Waals surface area contributed by atoms with E-state index in [9.17, 15) is 0 Å². The van der Waals surface area contributed by atoms with E-state index in [-0.39, 0.29) is 0 Å². The van der Waals surface area contributed by atoms with Crippen LogP contribution in [-0.2, 0) is 0 Å². The van der Waals surface area contributed by atoms with Crippen molar-refractivity contribution in [1.29, 1.82) is 0 Å². The quantitative estimate of drug-likeness (QED) is 0.619. The van der Waals surface area contributed by atoms with Crippen LogP contribution >= 0.6 is 0 Å². The predicted molar refractivity (Wildman–Crippen MR) is 42.7 cm³/mol. The smallest absolute Gasteiger partial charge is 0.182 e. The minimum Gasteiger partial charge on any atom is -0.225 e. The van der Waals surface area contributed by atoms with Crippen LogP contribution in [0.25, 0.3) is 5.65 Å². The van der Waals surface area contributed by atoms with Gasteiger partial charge in [-0.05, 0) is 0 Å². The van der Waals surface area contributed by atoms with Gasteiger partial charge in [0.05, 0.1) is 0 Å². The van der Waals surface area contributed by atoms with Crippen molar-refractivity contribution in [3.05, 3.63) is 18.3 Å². The molecule has 0 atom stereocenters. The lowest BCUT2D eigenvalue weighted by molar-refractivity contribution is 0.784. The van der Waals surface area contributed by atoms with Crippen molar-refractivity contribution >= 4 is 5.65 Å². The van der Waals surface area contributed by atoms with Crippen LogP contribution < -0.4 is 0 Å². The number of rotatable bonds is 1. The van der Waals surface area contributed by atoms with Crippen LogP contribution in [-0.4, -0.2) is 24.8 Å². The molecule has 0 aliphatic carbocycles. The standard InChI is InChI=1S/C7H9N5/c1-5(2)6-7-9-3-8-4-12(7)11-10-6/h3-5H,1-2H3. The first kappa shape index (κ1) is 7.15. The first-order valence-electron chi connectivity index (χ1n) is 3.80. The molecule has 0 fully saturated rings. The fourth-order valence-electron chi connectivity index (χ4n) is 1.06. The largest absolute Gasteiger partial charge is 0.225 e. The van der Waals surface area contributed by atoms with E-state index >= 15 is 0 Å². The average molecular weight is 163 g/mol. The Labute approximate surface area is 69.5 Å². The highest BCUT2D eigenvalue weighted by Gasteiger charge is 2.09. The Morgan fingerprint density at radius 2 is 2.25 bits per heavy atom. The van der Waals surface area contributed by atoms with Crippen molar-refractivity contribution in [3.8, 4) is 0 Å². The summed E-state index contributed by atoms with van der Waals surface area (Å²) in [5.41, 5.74) is 1.71. The van der Waals surface area contributed by atoms with Crippen LogP contribution in [0.2, 0.25) is 0 Å². The molecule has 12 heavy (non-hydrogen) atoms. The van der Waals surface area contributed by atoms with Gasteiger partial charge in [0.1, 0.15) is 18.3 Å². The van der Waals surface area contributed by atoms with Gasteiger partial charge in [-0.25, -0.2) is 9.97 Å². The average Bonchev–Trinajstić information content (AvgIpc) is 2.47. The van der Waals surface area contributed by atoms with Crippen molar-refractivity contribution in [2.45, 2.75) is 19.8 Å². The Morgan fingerprint density at radius 3 is 3.00 bits per heavy atom. The molecule has 5 heteroatoms. The van der Waals surface area contributed by atoms with E-state index in [0.717, 1.165) is 11.3 Å². The van der Waals surface area contributed by atoms with Gasteiger partial charge >= 0.3 is 0 Å². The van der Waals surface area contributed by atoms with E-state index in [1.54, 1.807) is 10.8 Å². The molecular weight excluding hydrogens is 154 g/mol. The maximum Gasteiger partial charge on any atom is 0.182 e. The minimum atomic E-state index is 0.345. The number of nitrogens with zero attached hydrogens (tertiary/aromatic N) is 5. The van der Waals surface area contributed by atoms with Gasteiger partial charge in [0.2, 0.25) is 0 Å². The fourth-order valence-corrected chi connectivity index (χ4v) is 1.06. The zero-order chi connectivity index (χ0) is 8.55. The molecule has 62 valence electrons. The van der Waals surface area contributed by atoms with Gasteiger partial charge in [-0.1, -0.05) is 19.1 Å². The summed E-state index contributed by atoms with van der Waals surface area (Å²) in [7, 11) is 0. The first-order valence-corrected chi connectivity index (χ1v) is 3.80. The molecule has 0 aromatic carbocycles. The van der Waals surface area contributed by atoms with Gasteiger partial charge in [-0.15, -0.1) is 5.10 Å². The molecule has 0 radical (unpaired) electrons. The maximum absolute atomic E-state index is 4.09. The van der Waals surface area contributed by atoms with Gasteiger partial charge in [-0.2, -0.15) is 4.52 Å². The maximum atomic E-state index is 4.09. The summed E-state index contributed by atoms with van der Waals surface area (Å²) < 4.78 is 1.58.